The van der Waals surface area contributed by atoms with Crippen molar-refractivity contribution in [2.75, 3.05) is 0 Å². The molecule has 1 atom stereocenters. The first-order chi connectivity index (χ1) is 6.81. The van der Waals surface area contributed by atoms with Crippen LogP contribution < -0.4 is 5.73 Å². The first kappa shape index (κ1) is 9.62. The first-order valence-corrected chi connectivity index (χ1v) is 5.67. The molecule has 1 aromatic carbocycles. The largest absolute Gasteiger partial charge is 0.327 e. The standard InChI is InChI=1S/C11H14N2S/c1-2-8(12)7-11-9-5-3-4-6-10(9)13-14-11/h3-6,8H,2,7,12H2,1H3. The summed E-state index contributed by atoms with van der Waals surface area (Å²) in [5.74, 6) is 0. The molecule has 1 aromatic heterocycles. The Labute approximate surface area is 87.9 Å². The Balaban J connectivity index is 2.33. The van der Waals surface area contributed by atoms with Crippen molar-refractivity contribution in [3.05, 3.63) is 29.1 Å². The van der Waals surface area contributed by atoms with Gasteiger partial charge in [-0.3, -0.25) is 0 Å². The lowest BCUT2D eigenvalue weighted by molar-refractivity contribution is 0.654. The molecule has 0 saturated carbocycles. The second-order valence-electron chi connectivity index (χ2n) is 3.50. The normalized spacial score (nSPS) is 13.3. The zero-order valence-corrected chi connectivity index (χ0v) is 9.05. The Kier molecular flexibility index (Phi) is 2.79. The molecule has 74 valence electrons. The van der Waals surface area contributed by atoms with E-state index in [0.717, 1.165) is 18.4 Å². The van der Waals surface area contributed by atoms with Crippen molar-refractivity contribution in [3.8, 4) is 0 Å². The lowest BCUT2D eigenvalue weighted by Gasteiger charge is -2.05. The number of aromatic nitrogens is 1. The Hall–Kier alpha value is -0.930. The molecule has 2 N–H and O–H groups in total. The maximum Gasteiger partial charge on any atom is 0.0843 e. The summed E-state index contributed by atoms with van der Waals surface area (Å²) in [5.41, 5.74) is 7.03. The summed E-state index contributed by atoms with van der Waals surface area (Å²) >= 11 is 1.58. The van der Waals surface area contributed by atoms with E-state index in [1.165, 1.54) is 10.3 Å². The average Bonchev–Trinajstić information content (AvgIpc) is 2.62. The van der Waals surface area contributed by atoms with Gasteiger partial charge in [0, 0.05) is 16.3 Å². The van der Waals surface area contributed by atoms with Crippen LogP contribution >= 0.6 is 11.5 Å². The van der Waals surface area contributed by atoms with Crippen LogP contribution in [0.3, 0.4) is 0 Å². The minimum absolute atomic E-state index is 0.263. The molecule has 0 aliphatic rings. The fourth-order valence-corrected chi connectivity index (χ4v) is 2.40. The van der Waals surface area contributed by atoms with E-state index in [1.807, 2.05) is 12.1 Å². The van der Waals surface area contributed by atoms with Gasteiger partial charge in [0.15, 0.2) is 0 Å². The number of nitrogens with zero attached hydrogens (tertiary/aromatic N) is 1. The van der Waals surface area contributed by atoms with Gasteiger partial charge in [-0.2, -0.15) is 4.37 Å². The Morgan fingerprint density at radius 1 is 1.43 bits per heavy atom. The monoisotopic (exact) mass is 206 g/mol. The summed E-state index contributed by atoms with van der Waals surface area (Å²) in [6, 6.07) is 8.51. The summed E-state index contributed by atoms with van der Waals surface area (Å²) < 4.78 is 4.39. The zero-order chi connectivity index (χ0) is 9.97. The number of hydrogen-bond donors (Lipinski definition) is 1. The highest BCUT2D eigenvalue weighted by Crippen LogP contribution is 2.23. The SMILES string of the molecule is CCC(N)Cc1snc2ccccc12. The van der Waals surface area contributed by atoms with E-state index in [-0.39, 0.29) is 6.04 Å². The summed E-state index contributed by atoms with van der Waals surface area (Å²) in [4.78, 5) is 1.31. The Bertz CT molecular complexity index is 422. The van der Waals surface area contributed by atoms with E-state index in [9.17, 15) is 0 Å². The van der Waals surface area contributed by atoms with Crippen LogP contribution in [0.15, 0.2) is 24.3 Å². The van der Waals surface area contributed by atoms with Crippen molar-refractivity contribution < 1.29 is 0 Å². The van der Waals surface area contributed by atoms with Crippen LogP contribution in [0.1, 0.15) is 18.2 Å². The molecule has 0 aliphatic heterocycles. The van der Waals surface area contributed by atoms with E-state index in [2.05, 4.69) is 23.4 Å². The predicted octanol–water partition coefficient (Wildman–Crippen LogP) is 2.58. The van der Waals surface area contributed by atoms with E-state index < -0.39 is 0 Å². The molecule has 0 radical (unpaired) electrons. The lowest BCUT2D eigenvalue weighted by atomic mass is 10.1. The van der Waals surface area contributed by atoms with E-state index in [0.29, 0.717) is 0 Å². The van der Waals surface area contributed by atoms with Gasteiger partial charge < -0.3 is 5.73 Å². The molecule has 0 amide bonds. The van der Waals surface area contributed by atoms with E-state index in [4.69, 9.17) is 5.73 Å². The molecule has 2 aromatic rings. The summed E-state index contributed by atoms with van der Waals surface area (Å²) in [6.07, 6.45) is 1.97. The van der Waals surface area contributed by atoms with Crippen molar-refractivity contribution in [2.24, 2.45) is 5.73 Å². The minimum atomic E-state index is 0.263. The molecule has 2 rings (SSSR count). The van der Waals surface area contributed by atoms with Crippen LogP contribution in [0.4, 0.5) is 0 Å². The van der Waals surface area contributed by atoms with E-state index in [1.54, 1.807) is 11.5 Å². The molecule has 0 spiro atoms. The van der Waals surface area contributed by atoms with Gasteiger partial charge in [0.2, 0.25) is 0 Å². The Morgan fingerprint density at radius 3 is 3.00 bits per heavy atom. The lowest BCUT2D eigenvalue weighted by Crippen LogP contribution is -2.20. The second kappa shape index (κ2) is 4.07. The van der Waals surface area contributed by atoms with Gasteiger partial charge >= 0.3 is 0 Å². The number of rotatable bonds is 3. The van der Waals surface area contributed by atoms with Gasteiger partial charge in [0.05, 0.1) is 5.52 Å². The van der Waals surface area contributed by atoms with Crippen LogP contribution in [0.25, 0.3) is 10.9 Å². The van der Waals surface area contributed by atoms with Crippen LogP contribution in [0.2, 0.25) is 0 Å². The topological polar surface area (TPSA) is 38.9 Å². The number of fused-ring (bicyclic) bond motifs is 1. The first-order valence-electron chi connectivity index (χ1n) is 4.90. The molecule has 0 bridgehead atoms. The number of hydrogen-bond acceptors (Lipinski definition) is 3. The predicted molar refractivity (Wildman–Crippen MR) is 61.6 cm³/mol. The molecule has 0 aliphatic carbocycles. The number of benzene rings is 1. The fourth-order valence-electron chi connectivity index (χ4n) is 1.47. The van der Waals surface area contributed by atoms with Crippen molar-refractivity contribution in [3.63, 3.8) is 0 Å². The molecule has 3 heteroatoms. The molecule has 0 saturated heterocycles. The summed E-state index contributed by atoms with van der Waals surface area (Å²) in [7, 11) is 0. The van der Waals surface area contributed by atoms with Gasteiger partial charge in [-0.25, -0.2) is 0 Å². The highest BCUT2D eigenvalue weighted by molar-refractivity contribution is 7.07. The fraction of sp³-hybridized carbons (Fsp3) is 0.364. The third-order valence-electron chi connectivity index (χ3n) is 2.43. The molecule has 14 heavy (non-hydrogen) atoms. The van der Waals surface area contributed by atoms with Gasteiger partial charge in [0.25, 0.3) is 0 Å². The Morgan fingerprint density at radius 2 is 2.21 bits per heavy atom. The van der Waals surface area contributed by atoms with Crippen LogP contribution in [0.5, 0.6) is 0 Å². The quantitative estimate of drug-likeness (QED) is 0.838. The maximum absolute atomic E-state index is 5.93. The van der Waals surface area contributed by atoms with E-state index >= 15 is 0 Å². The van der Waals surface area contributed by atoms with Gasteiger partial charge in [0.1, 0.15) is 0 Å². The number of nitrogens with two attached hydrogens (primary N) is 1. The van der Waals surface area contributed by atoms with Crippen LogP contribution in [0, 0.1) is 0 Å². The third kappa shape index (κ3) is 1.79. The van der Waals surface area contributed by atoms with Crippen molar-refractivity contribution in [2.45, 2.75) is 25.8 Å². The van der Waals surface area contributed by atoms with Crippen LogP contribution in [-0.4, -0.2) is 10.4 Å². The average molecular weight is 206 g/mol. The third-order valence-corrected chi connectivity index (χ3v) is 3.33. The molecular formula is C11H14N2S. The smallest absolute Gasteiger partial charge is 0.0843 e. The molecular weight excluding hydrogens is 192 g/mol. The van der Waals surface area contributed by atoms with Crippen molar-refractivity contribution in [1.82, 2.24) is 4.37 Å². The maximum atomic E-state index is 5.93. The molecule has 2 nitrogen and oxygen atoms in total. The van der Waals surface area contributed by atoms with Gasteiger partial charge in [-0.1, -0.05) is 25.1 Å². The van der Waals surface area contributed by atoms with Crippen molar-refractivity contribution in [1.29, 1.82) is 0 Å². The highest BCUT2D eigenvalue weighted by atomic mass is 32.1. The highest BCUT2D eigenvalue weighted by Gasteiger charge is 2.08. The van der Waals surface area contributed by atoms with Gasteiger partial charge in [-0.05, 0) is 30.4 Å². The molecule has 1 heterocycles. The molecule has 0 fully saturated rings. The van der Waals surface area contributed by atoms with Crippen LogP contribution in [-0.2, 0) is 6.42 Å². The van der Waals surface area contributed by atoms with Gasteiger partial charge in [-0.15, -0.1) is 0 Å². The molecule has 1 unspecified atom stereocenters. The van der Waals surface area contributed by atoms with Crippen molar-refractivity contribution >= 4 is 22.4 Å². The summed E-state index contributed by atoms with van der Waals surface area (Å²) in [5, 5.41) is 1.27. The second-order valence-corrected chi connectivity index (χ2v) is 4.35. The summed E-state index contributed by atoms with van der Waals surface area (Å²) in [6.45, 7) is 2.12. The minimum Gasteiger partial charge on any atom is -0.327 e. The zero-order valence-electron chi connectivity index (χ0n) is 8.23.